The van der Waals surface area contributed by atoms with Gasteiger partial charge < -0.3 is 20.9 Å². The van der Waals surface area contributed by atoms with Crippen molar-refractivity contribution in [3.8, 4) is 0 Å². The van der Waals surface area contributed by atoms with Gasteiger partial charge in [-0.25, -0.2) is 29.9 Å². The zero-order valence-electron chi connectivity index (χ0n) is 27.2. The Morgan fingerprint density at radius 3 is 1.62 bits per heavy atom. The lowest BCUT2D eigenvalue weighted by Gasteiger charge is -2.34. The quantitative estimate of drug-likeness (QED) is 0.146. The summed E-state index contributed by atoms with van der Waals surface area (Å²) >= 11 is 10.2. The first kappa shape index (κ1) is 37.1. The zero-order valence-corrected chi connectivity index (χ0v) is 31.9. The third kappa shape index (κ3) is 12.3. The normalized spacial score (nSPS) is 15.1. The van der Waals surface area contributed by atoms with Crippen LogP contribution in [-0.4, -0.2) is 69.2 Å². The molecule has 252 valence electrons. The van der Waals surface area contributed by atoms with Crippen LogP contribution < -0.4 is 20.9 Å². The molecule has 0 saturated carbocycles. The van der Waals surface area contributed by atoms with Crippen LogP contribution in [0.15, 0.2) is 75.3 Å². The topological polar surface area (TPSA) is 117 Å². The van der Waals surface area contributed by atoms with Gasteiger partial charge in [0.1, 0.15) is 43.9 Å². The fourth-order valence-corrected chi connectivity index (χ4v) is 7.42. The second-order valence-corrected chi connectivity index (χ2v) is 13.7. The number of halogens is 3. The van der Waals surface area contributed by atoms with Crippen molar-refractivity contribution >= 4 is 65.2 Å². The number of nitrogens with one attached hydrogen (secondary N) is 3. The lowest BCUT2D eigenvalue weighted by Crippen LogP contribution is -2.37. The maximum Gasteiger partial charge on any atom is 0.136 e. The van der Waals surface area contributed by atoms with E-state index in [0.29, 0.717) is 5.92 Å². The number of aromatic nitrogens is 6. The zero-order chi connectivity index (χ0) is 33.3. The minimum absolute atomic E-state index is 0.684. The second-order valence-electron chi connectivity index (χ2n) is 11.4. The summed E-state index contributed by atoms with van der Waals surface area (Å²) in [6.07, 6.45) is 13.6. The Labute approximate surface area is 304 Å². The molecular weight excluding hydrogens is 788 g/mol. The lowest BCUT2D eigenvalue weighted by atomic mass is 9.96. The first-order chi connectivity index (χ1) is 23.0. The molecule has 4 aromatic heterocycles. The molecule has 4 aromatic rings. The van der Waals surface area contributed by atoms with E-state index in [1.54, 1.807) is 6.33 Å². The van der Waals surface area contributed by atoms with Gasteiger partial charge in [0, 0.05) is 49.7 Å². The third-order valence-corrected chi connectivity index (χ3v) is 10.3. The summed E-state index contributed by atoms with van der Waals surface area (Å²) in [6.45, 7) is 10.7. The summed E-state index contributed by atoms with van der Waals surface area (Å²) in [7, 11) is 0. The van der Waals surface area contributed by atoms with Crippen LogP contribution in [-0.2, 0) is 12.8 Å². The predicted octanol–water partition coefficient (Wildman–Crippen LogP) is 7.58. The van der Waals surface area contributed by atoms with Gasteiger partial charge in [-0.15, -0.1) is 0 Å². The van der Waals surface area contributed by atoms with Crippen molar-refractivity contribution in [1.82, 2.24) is 35.2 Å². The SMILES string of the molecule is CCc1c(Br)ncnc1Br.CCc1c(Br)ncnc1N1CCC(CNc2ccccn2)CC1.c1ccc(NCC2CCNCC2)nc1. The average Bonchev–Trinajstić information content (AvgIpc) is 3.12. The first-order valence-electron chi connectivity index (χ1n) is 16.4. The van der Waals surface area contributed by atoms with Crippen molar-refractivity contribution in [1.29, 1.82) is 0 Å². The largest absolute Gasteiger partial charge is 0.370 e. The Morgan fingerprint density at radius 1 is 0.660 bits per heavy atom. The fourth-order valence-electron chi connectivity index (χ4n) is 5.49. The smallest absolute Gasteiger partial charge is 0.136 e. The Kier molecular flexibility index (Phi) is 16.2. The average molecular weight is 834 g/mol. The minimum Gasteiger partial charge on any atom is -0.370 e. The molecule has 10 nitrogen and oxygen atoms in total. The van der Waals surface area contributed by atoms with Crippen molar-refractivity contribution < 1.29 is 0 Å². The van der Waals surface area contributed by atoms with Crippen molar-refractivity contribution in [3.63, 3.8) is 0 Å². The highest BCUT2D eigenvalue weighted by molar-refractivity contribution is 9.11. The highest BCUT2D eigenvalue weighted by Crippen LogP contribution is 2.28. The molecule has 2 fully saturated rings. The van der Waals surface area contributed by atoms with E-state index >= 15 is 0 Å². The summed E-state index contributed by atoms with van der Waals surface area (Å²) in [6, 6.07) is 11.9. The van der Waals surface area contributed by atoms with Gasteiger partial charge in [-0.05, 0) is 136 Å². The van der Waals surface area contributed by atoms with Crippen LogP contribution in [0.3, 0.4) is 0 Å². The number of rotatable bonds is 9. The molecule has 47 heavy (non-hydrogen) atoms. The number of pyridine rings is 2. The van der Waals surface area contributed by atoms with Crippen molar-refractivity contribution in [2.75, 3.05) is 54.8 Å². The summed E-state index contributed by atoms with van der Waals surface area (Å²) < 4.78 is 2.66. The Hall–Kier alpha value is -2.74. The van der Waals surface area contributed by atoms with Gasteiger partial charge in [0.2, 0.25) is 0 Å². The number of hydrogen-bond donors (Lipinski definition) is 3. The minimum atomic E-state index is 0.684. The molecule has 2 saturated heterocycles. The van der Waals surface area contributed by atoms with Crippen molar-refractivity contribution in [2.45, 2.75) is 52.4 Å². The molecule has 2 aliphatic heterocycles. The first-order valence-corrected chi connectivity index (χ1v) is 18.8. The molecule has 3 N–H and O–H groups in total. The molecule has 0 aliphatic carbocycles. The van der Waals surface area contributed by atoms with Gasteiger partial charge in [-0.3, -0.25) is 0 Å². The summed E-state index contributed by atoms with van der Waals surface area (Å²) in [5.41, 5.74) is 2.32. The Balaban J connectivity index is 0.000000177. The number of piperidine rings is 2. The molecule has 0 unspecified atom stereocenters. The van der Waals surface area contributed by atoms with Gasteiger partial charge in [-0.1, -0.05) is 26.0 Å². The molecule has 0 aromatic carbocycles. The van der Waals surface area contributed by atoms with E-state index in [1.807, 2.05) is 48.8 Å². The standard InChI is InChI=1S/C17H22BrN5.C11H17N3.C6H6Br2N2/c1-2-14-16(18)21-12-22-17(14)23-9-6-13(7-10-23)11-20-15-5-3-4-8-19-15;1-2-6-13-11(3-1)14-9-10-4-7-12-8-5-10;1-2-4-5(7)9-3-10-6(4)8/h3-5,8,12-13H,2,6-7,9-11H2,1H3,(H,19,20);1-3,6,10,12H,4-5,7-9H2,(H,13,14);3H,2H2,1H3. The van der Waals surface area contributed by atoms with Gasteiger partial charge >= 0.3 is 0 Å². The maximum absolute atomic E-state index is 4.51. The molecular formula is C34H45Br3N10. The van der Waals surface area contributed by atoms with Crippen LogP contribution in [0.2, 0.25) is 0 Å². The number of hydrogen-bond acceptors (Lipinski definition) is 10. The van der Waals surface area contributed by atoms with Gasteiger partial charge in [0.15, 0.2) is 0 Å². The fraction of sp³-hybridized carbons (Fsp3) is 0.471. The lowest BCUT2D eigenvalue weighted by molar-refractivity contribution is 0.389. The highest BCUT2D eigenvalue weighted by atomic mass is 79.9. The van der Waals surface area contributed by atoms with Gasteiger partial charge in [-0.2, -0.15) is 0 Å². The van der Waals surface area contributed by atoms with E-state index < -0.39 is 0 Å². The summed E-state index contributed by atoms with van der Waals surface area (Å²) in [5.74, 6) is 4.53. The molecule has 0 bridgehead atoms. The number of anilines is 3. The van der Waals surface area contributed by atoms with E-state index in [0.717, 1.165) is 94.9 Å². The van der Waals surface area contributed by atoms with Crippen LogP contribution in [0.1, 0.15) is 50.7 Å². The molecule has 0 radical (unpaired) electrons. The monoisotopic (exact) mass is 830 g/mol. The molecule has 0 atom stereocenters. The van der Waals surface area contributed by atoms with Crippen LogP contribution >= 0.6 is 47.8 Å². The van der Waals surface area contributed by atoms with Gasteiger partial charge in [0.25, 0.3) is 0 Å². The van der Waals surface area contributed by atoms with Crippen LogP contribution in [0, 0.1) is 11.8 Å². The number of nitrogens with zero attached hydrogens (tertiary/aromatic N) is 7. The van der Waals surface area contributed by atoms with Crippen LogP contribution in [0.4, 0.5) is 17.5 Å². The van der Waals surface area contributed by atoms with E-state index in [-0.39, 0.29) is 0 Å². The van der Waals surface area contributed by atoms with Gasteiger partial charge in [0.05, 0.1) is 0 Å². The molecule has 13 heteroatoms. The van der Waals surface area contributed by atoms with E-state index in [2.05, 4.69) is 112 Å². The van der Waals surface area contributed by atoms with Crippen molar-refractivity contribution in [2.24, 2.45) is 11.8 Å². The van der Waals surface area contributed by atoms with E-state index in [4.69, 9.17) is 0 Å². The Bertz CT molecular complexity index is 1430. The van der Waals surface area contributed by atoms with Crippen molar-refractivity contribution in [3.05, 3.63) is 86.4 Å². The third-order valence-electron chi connectivity index (χ3n) is 8.26. The molecule has 2 aliphatic rings. The highest BCUT2D eigenvalue weighted by Gasteiger charge is 2.22. The molecule has 6 rings (SSSR count). The van der Waals surface area contributed by atoms with E-state index in [1.165, 1.54) is 37.6 Å². The van der Waals surface area contributed by atoms with E-state index in [9.17, 15) is 0 Å². The van der Waals surface area contributed by atoms with Crippen LogP contribution in [0.5, 0.6) is 0 Å². The summed E-state index contributed by atoms with van der Waals surface area (Å²) in [5, 5.41) is 10.2. The second kappa shape index (κ2) is 20.6. The predicted molar refractivity (Wildman–Crippen MR) is 202 cm³/mol. The summed E-state index contributed by atoms with van der Waals surface area (Å²) in [4.78, 5) is 27.7. The molecule has 6 heterocycles. The molecule has 0 spiro atoms. The Morgan fingerprint density at radius 2 is 1.15 bits per heavy atom. The maximum atomic E-state index is 4.51. The molecule has 0 amide bonds. The van der Waals surface area contributed by atoms with Crippen LogP contribution in [0.25, 0.3) is 0 Å².